The summed E-state index contributed by atoms with van der Waals surface area (Å²) in [4.78, 5) is 0. The monoisotopic (exact) mass is 352 g/mol. The van der Waals surface area contributed by atoms with Crippen molar-refractivity contribution in [2.24, 2.45) is 0 Å². The Morgan fingerprint density at radius 2 is 1.60 bits per heavy atom. The number of nitrogens with one attached hydrogen (secondary N) is 2. The number of hydrazine groups is 1. The minimum absolute atomic E-state index is 0.105. The van der Waals surface area contributed by atoms with Gasteiger partial charge in [0.15, 0.2) is 0 Å². The maximum atomic E-state index is 13.6. The Kier molecular flexibility index (Phi) is 4.38. The minimum Gasteiger partial charge on any atom is -0.508 e. The number of benzene rings is 2. The first kappa shape index (κ1) is 17.6. The molecule has 2 aromatic carbocycles. The quantitative estimate of drug-likeness (QED) is 0.667. The fraction of sp³-hybridized carbons (Fsp3) is 0.333. The molecule has 3 unspecified atom stereocenters. The summed E-state index contributed by atoms with van der Waals surface area (Å²) in [5.41, 5.74) is 6.85. The van der Waals surface area contributed by atoms with Crippen LogP contribution in [0.1, 0.15) is 34.2 Å². The number of phenolic OH excluding ortho intramolecular Hbond substituents is 2. The van der Waals surface area contributed by atoms with Crippen molar-refractivity contribution < 1.29 is 23.4 Å². The van der Waals surface area contributed by atoms with E-state index in [2.05, 4.69) is 10.9 Å². The summed E-state index contributed by atoms with van der Waals surface area (Å²) in [6, 6.07) is 7.13. The van der Waals surface area contributed by atoms with E-state index in [1.807, 2.05) is 0 Å². The van der Waals surface area contributed by atoms with Gasteiger partial charge >= 0.3 is 6.18 Å². The first-order chi connectivity index (χ1) is 11.7. The number of alkyl halides is 3. The highest BCUT2D eigenvalue weighted by Gasteiger charge is 2.52. The van der Waals surface area contributed by atoms with Gasteiger partial charge in [-0.3, -0.25) is 0 Å². The van der Waals surface area contributed by atoms with Crippen LogP contribution in [0.3, 0.4) is 0 Å². The second kappa shape index (κ2) is 6.24. The Balaban J connectivity index is 2.13. The van der Waals surface area contributed by atoms with Gasteiger partial charge in [-0.25, -0.2) is 10.9 Å². The molecule has 0 bridgehead atoms. The predicted molar refractivity (Wildman–Crippen MR) is 87.3 cm³/mol. The van der Waals surface area contributed by atoms with Gasteiger partial charge in [0, 0.05) is 17.0 Å². The van der Waals surface area contributed by atoms with Crippen LogP contribution < -0.4 is 10.9 Å². The van der Waals surface area contributed by atoms with Crippen LogP contribution in [0.5, 0.6) is 11.5 Å². The molecule has 0 aromatic heterocycles. The fourth-order valence-corrected chi connectivity index (χ4v) is 3.39. The van der Waals surface area contributed by atoms with Gasteiger partial charge in [0.05, 0.1) is 6.04 Å². The number of aromatic hydroxyl groups is 2. The van der Waals surface area contributed by atoms with Crippen molar-refractivity contribution in [3.8, 4) is 11.5 Å². The summed E-state index contributed by atoms with van der Waals surface area (Å²) in [6.45, 7) is 3.28. The van der Waals surface area contributed by atoms with Gasteiger partial charge in [0.2, 0.25) is 0 Å². The second-order valence-electron chi connectivity index (χ2n) is 6.32. The maximum Gasteiger partial charge on any atom is 0.405 e. The van der Waals surface area contributed by atoms with E-state index in [0.29, 0.717) is 11.1 Å². The lowest BCUT2D eigenvalue weighted by Gasteiger charge is -2.27. The highest BCUT2D eigenvalue weighted by atomic mass is 19.4. The SMILES string of the molecule is Cc1ccccc1C1C(c2ccc(O)c(C)c2O)NNC1C(F)(F)F. The molecule has 3 rings (SSSR count). The van der Waals surface area contributed by atoms with Gasteiger partial charge in [-0.1, -0.05) is 24.3 Å². The zero-order chi connectivity index (χ0) is 18.4. The van der Waals surface area contributed by atoms with Crippen LogP contribution in [-0.4, -0.2) is 22.4 Å². The molecular formula is C18H19F3N2O2. The zero-order valence-electron chi connectivity index (χ0n) is 13.7. The van der Waals surface area contributed by atoms with Crippen LogP contribution in [0, 0.1) is 13.8 Å². The molecule has 0 radical (unpaired) electrons. The normalized spacial score (nSPS) is 23.8. The fourth-order valence-electron chi connectivity index (χ4n) is 3.39. The molecule has 2 aromatic rings. The molecule has 0 amide bonds. The topological polar surface area (TPSA) is 64.5 Å². The van der Waals surface area contributed by atoms with Crippen molar-refractivity contribution in [3.63, 3.8) is 0 Å². The van der Waals surface area contributed by atoms with Crippen molar-refractivity contribution in [1.82, 2.24) is 10.9 Å². The van der Waals surface area contributed by atoms with Crippen LogP contribution in [0.25, 0.3) is 0 Å². The third-order valence-electron chi connectivity index (χ3n) is 4.78. The number of aryl methyl sites for hydroxylation is 1. The van der Waals surface area contributed by atoms with E-state index in [1.54, 1.807) is 31.2 Å². The van der Waals surface area contributed by atoms with E-state index >= 15 is 0 Å². The molecule has 134 valence electrons. The summed E-state index contributed by atoms with van der Waals surface area (Å²) in [7, 11) is 0. The predicted octanol–water partition coefficient (Wildman–Crippen LogP) is 3.58. The smallest absolute Gasteiger partial charge is 0.405 e. The third-order valence-corrected chi connectivity index (χ3v) is 4.78. The lowest BCUT2D eigenvalue weighted by atomic mass is 9.81. The molecule has 0 saturated carbocycles. The molecule has 7 heteroatoms. The molecule has 1 aliphatic rings. The summed E-state index contributed by atoms with van der Waals surface area (Å²) in [5.74, 6) is -1.27. The molecule has 3 atom stereocenters. The largest absolute Gasteiger partial charge is 0.508 e. The van der Waals surface area contributed by atoms with Crippen molar-refractivity contribution in [1.29, 1.82) is 0 Å². The van der Waals surface area contributed by atoms with E-state index in [0.717, 1.165) is 5.56 Å². The molecule has 0 aliphatic carbocycles. The Morgan fingerprint density at radius 1 is 0.920 bits per heavy atom. The van der Waals surface area contributed by atoms with Gasteiger partial charge in [0.1, 0.15) is 17.5 Å². The average molecular weight is 352 g/mol. The van der Waals surface area contributed by atoms with Gasteiger partial charge in [-0.05, 0) is 37.1 Å². The average Bonchev–Trinajstić information content (AvgIpc) is 2.98. The number of hydrogen-bond acceptors (Lipinski definition) is 4. The molecule has 1 saturated heterocycles. The Morgan fingerprint density at radius 3 is 2.24 bits per heavy atom. The van der Waals surface area contributed by atoms with Crippen LogP contribution >= 0.6 is 0 Å². The van der Waals surface area contributed by atoms with Crippen molar-refractivity contribution in [3.05, 3.63) is 58.7 Å². The Labute approximate surface area is 143 Å². The molecule has 4 nitrogen and oxygen atoms in total. The number of hydrogen-bond donors (Lipinski definition) is 4. The maximum absolute atomic E-state index is 13.6. The van der Waals surface area contributed by atoms with Gasteiger partial charge in [0.25, 0.3) is 0 Å². The molecular weight excluding hydrogens is 333 g/mol. The van der Waals surface area contributed by atoms with Crippen molar-refractivity contribution >= 4 is 0 Å². The Bertz CT molecular complexity index is 792. The summed E-state index contributed by atoms with van der Waals surface area (Å²) >= 11 is 0. The standard InChI is InChI=1S/C18H19F3N2O2/c1-9-5-3-4-6-11(9)14-15(22-23-17(14)18(19,20)21)12-7-8-13(24)10(2)16(12)25/h3-8,14-15,17,22-25H,1-2H3. The zero-order valence-corrected chi connectivity index (χ0v) is 13.7. The second-order valence-corrected chi connectivity index (χ2v) is 6.32. The number of halogens is 3. The summed E-state index contributed by atoms with van der Waals surface area (Å²) in [6.07, 6.45) is -4.46. The van der Waals surface area contributed by atoms with Crippen LogP contribution in [0.4, 0.5) is 13.2 Å². The number of rotatable bonds is 2. The highest BCUT2D eigenvalue weighted by molar-refractivity contribution is 5.50. The van der Waals surface area contributed by atoms with Gasteiger partial charge in [-0.15, -0.1) is 0 Å². The van der Waals surface area contributed by atoms with Crippen LogP contribution in [0.2, 0.25) is 0 Å². The lowest BCUT2D eigenvalue weighted by Crippen LogP contribution is -2.43. The van der Waals surface area contributed by atoms with E-state index in [9.17, 15) is 23.4 Å². The molecule has 4 N–H and O–H groups in total. The lowest BCUT2D eigenvalue weighted by molar-refractivity contribution is -0.156. The minimum atomic E-state index is -4.46. The van der Waals surface area contributed by atoms with E-state index in [1.165, 1.54) is 19.1 Å². The highest BCUT2D eigenvalue weighted by Crippen LogP contribution is 2.47. The number of phenols is 2. The van der Waals surface area contributed by atoms with E-state index < -0.39 is 24.2 Å². The van der Waals surface area contributed by atoms with Crippen LogP contribution in [-0.2, 0) is 0 Å². The first-order valence-electron chi connectivity index (χ1n) is 7.86. The van der Waals surface area contributed by atoms with Crippen molar-refractivity contribution in [2.45, 2.75) is 38.0 Å². The van der Waals surface area contributed by atoms with Gasteiger partial charge in [-0.2, -0.15) is 13.2 Å². The molecule has 1 aliphatic heterocycles. The van der Waals surface area contributed by atoms with Gasteiger partial charge < -0.3 is 10.2 Å². The molecule has 1 fully saturated rings. The summed E-state index contributed by atoms with van der Waals surface area (Å²) < 4.78 is 40.7. The molecule has 1 heterocycles. The molecule has 25 heavy (non-hydrogen) atoms. The third kappa shape index (κ3) is 3.05. The van der Waals surface area contributed by atoms with E-state index in [4.69, 9.17) is 0 Å². The van der Waals surface area contributed by atoms with E-state index in [-0.39, 0.29) is 17.1 Å². The first-order valence-corrected chi connectivity index (χ1v) is 7.86. The Hall–Kier alpha value is -2.25. The van der Waals surface area contributed by atoms with Crippen molar-refractivity contribution in [2.75, 3.05) is 0 Å². The molecule has 0 spiro atoms. The van der Waals surface area contributed by atoms with Crippen LogP contribution in [0.15, 0.2) is 36.4 Å². The summed E-state index contributed by atoms with van der Waals surface area (Å²) in [5, 5.41) is 20.1.